The molecule has 0 amide bonds. The van der Waals surface area contributed by atoms with Gasteiger partial charge in [0.1, 0.15) is 11.8 Å². The zero-order chi connectivity index (χ0) is 14.7. The highest BCUT2D eigenvalue weighted by atomic mass is 32.1. The lowest BCUT2D eigenvalue weighted by Gasteiger charge is -2.23. The SMILES string of the molecule is Cn1cc(CNC(c2cccs2)C2CCCC2)cc1C#N. The third-order valence-electron chi connectivity index (χ3n) is 4.42. The fraction of sp³-hybridized carbons (Fsp3) is 0.471. The monoisotopic (exact) mass is 299 g/mol. The first-order valence-electron chi connectivity index (χ1n) is 7.60. The van der Waals surface area contributed by atoms with Crippen LogP contribution < -0.4 is 5.32 Å². The smallest absolute Gasteiger partial charge is 0.120 e. The van der Waals surface area contributed by atoms with Crippen molar-refractivity contribution in [2.45, 2.75) is 38.3 Å². The summed E-state index contributed by atoms with van der Waals surface area (Å²) in [4.78, 5) is 1.44. The minimum Gasteiger partial charge on any atom is -0.342 e. The number of aromatic nitrogens is 1. The standard InChI is InChI=1S/C17H21N3S/c1-20-12-13(9-15(20)10-18)11-19-17(14-5-2-3-6-14)16-7-4-8-21-16/h4,7-9,12,14,17,19H,2-3,5-6,11H2,1H3. The van der Waals surface area contributed by atoms with Gasteiger partial charge in [0.05, 0.1) is 0 Å². The van der Waals surface area contributed by atoms with Crippen molar-refractivity contribution < 1.29 is 0 Å². The van der Waals surface area contributed by atoms with Crippen molar-refractivity contribution in [1.29, 1.82) is 5.26 Å². The van der Waals surface area contributed by atoms with Crippen LogP contribution in [0.25, 0.3) is 0 Å². The maximum absolute atomic E-state index is 9.04. The molecule has 1 N–H and O–H groups in total. The summed E-state index contributed by atoms with van der Waals surface area (Å²) in [7, 11) is 1.93. The van der Waals surface area contributed by atoms with Gasteiger partial charge in [0.2, 0.25) is 0 Å². The van der Waals surface area contributed by atoms with E-state index in [-0.39, 0.29) is 0 Å². The van der Waals surface area contributed by atoms with Gasteiger partial charge in [-0.25, -0.2) is 0 Å². The highest BCUT2D eigenvalue weighted by Gasteiger charge is 2.26. The first-order valence-corrected chi connectivity index (χ1v) is 8.48. The van der Waals surface area contributed by atoms with Crippen LogP contribution in [0.5, 0.6) is 0 Å². The number of aryl methyl sites for hydroxylation is 1. The van der Waals surface area contributed by atoms with Gasteiger partial charge in [-0.2, -0.15) is 5.26 Å². The van der Waals surface area contributed by atoms with Crippen LogP contribution in [0, 0.1) is 17.2 Å². The lowest BCUT2D eigenvalue weighted by molar-refractivity contribution is 0.371. The molecule has 0 spiro atoms. The maximum Gasteiger partial charge on any atom is 0.120 e. The molecule has 0 bridgehead atoms. The second-order valence-electron chi connectivity index (χ2n) is 5.87. The van der Waals surface area contributed by atoms with Gasteiger partial charge < -0.3 is 9.88 Å². The van der Waals surface area contributed by atoms with Gasteiger partial charge in [-0.3, -0.25) is 0 Å². The zero-order valence-electron chi connectivity index (χ0n) is 12.4. The Hall–Kier alpha value is -1.57. The topological polar surface area (TPSA) is 40.8 Å². The van der Waals surface area contributed by atoms with Crippen LogP contribution in [0.3, 0.4) is 0 Å². The average molecular weight is 299 g/mol. The summed E-state index contributed by atoms with van der Waals surface area (Å²) < 4.78 is 1.90. The summed E-state index contributed by atoms with van der Waals surface area (Å²) in [5, 5.41) is 14.9. The van der Waals surface area contributed by atoms with Crippen molar-refractivity contribution in [3.8, 4) is 6.07 Å². The Kier molecular flexibility index (Phi) is 4.42. The van der Waals surface area contributed by atoms with Crippen molar-refractivity contribution in [2.24, 2.45) is 13.0 Å². The van der Waals surface area contributed by atoms with Crippen molar-refractivity contribution in [3.05, 3.63) is 45.9 Å². The van der Waals surface area contributed by atoms with Gasteiger partial charge in [0.25, 0.3) is 0 Å². The van der Waals surface area contributed by atoms with Crippen LogP contribution in [0.2, 0.25) is 0 Å². The first kappa shape index (κ1) is 14.4. The lowest BCUT2D eigenvalue weighted by atomic mass is 9.96. The quantitative estimate of drug-likeness (QED) is 0.907. The van der Waals surface area contributed by atoms with E-state index < -0.39 is 0 Å². The van der Waals surface area contributed by atoms with Crippen molar-refractivity contribution in [2.75, 3.05) is 0 Å². The number of thiophene rings is 1. The van der Waals surface area contributed by atoms with E-state index in [1.807, 2.05) is 35.2 Å². The Morgan fingerprint density at radius 1 is 1.48 bits per heavy atom. The summed E-state index contributed by atoms with van der Waals surface area (Å²) in [5.41, 5.74) is 1.91. The van der Waals surface area contributed by atoms with Gasteiger partial charge in [0, 0.05) is 30.7 Å². The summed E-state index contributed by atoms with van der Waals surface area (Å²) in [6.45, 7) is 0.828. The number of nitrogens with one attached hydrogen (secondary N) is 1. The van der Waals surface area contributed by atoms with Gasteiger partial charge in [-0.1, -0.05) is 18.9 Å². The predicted octanol–water partition coefficient (Wildman–Crippen LogP) is 3.98. The fourth-order valence-corrected chi connectivity index (χ4v) is 4.22. The molecular formula is C17H21N3S. The third-order valence-corrected chi connectivity index (χ3v) is 5.38. The Balaban J connectivity index is 1.71. The van der Waals surface area contributed by atoms with Gasteiger partial charge >= 0.3 is 0 Å². The summed E-state index contributed by atoms with van der Waals surface area (Å²) in [6.07, 6.45) is 7.42. The molecule has 3 nitrogen and oxygen atoms in total. The van der Waals surface area contributed by atoms with Crippen LogP contribution in [0.15, 0.2) is 29.8 Å². The molecule has 1 unspecified atom stereocenters. The zero-order valence-corrected chi connectivity index (χ0v) is 13.2. The van der Waals surface area contributed by atoms with E-state index in [9.17, 15) is 0 Å². The normalized spacial score (nSPS) is 17.0. The molecule has 2 aromatic rings. The van der Waals surface area contributed by atoms with Crippen molar-refractivity contribution in [1.82, 2.24) is 9.88 Å². The molecule has 2 aromatic heterocycles. The predicted molar refractivity (Wildman–Crippen MR) is 86.0 cm³/mol. The molecule has 0 aromatic carbocycles. The average Bonchev–Trinajstić information content (AvgIpc) is 3.20. The number of hydrogen-bond acceptors (Lipinski definition) is 3. The van der Waals surface area contributed by atoms with Crippen LogP contribution in [-0.2, 0) is 13.6 Å². The van der Waals surface area contributed by atoms with Gasteiger partial charge in [-0.15, -0.1) is 11.3 Å². The molecule has 21 heavy (non-hydrogen) atoms. The minimum absolute atomic E-state index is 0.457. The van der Waals surface area contributed by atoms with E-state index in [4.69, 9.17) is 5.26 Å². The molecule has 1 fully saturated rings. The molecule has 4 heteroatoms. The van der Waals surface area contributed by atoms with E-state index in [2.05, 4.69) is 28.9 Å². The molecule has 0 saturated heterocycles. The van der Waals surface area contributed by atoms with E-state index in [0.29, 0.717) is 6.04 Å². The molecule has 1 saturated carbocycles. The van der Waals surface area contributed by atoms with E-state index in [0.717, 1.165) is 18.2 Å². The number of rotatable bonds is 5. The van der Waals surface area contributed by atoms with Crippen LogP contribution >= 0.6 is 11.3 Å². The molecule has 1 atom stereocenters. The Morgan fingerprint density at radius 2 is 2.29 bits per heavy atom. The maximum atomic E-state index is 9.04. The largest absolute Gasteiger partial charge is 0.342 e. The lowest BCUT2D eigenvalue weighted by Crippen LogP contribution is -2.26. The highest BCUT2D eigenvalue weighted by Crippen LogP contribution is 2.37. The van der Waals surface area contributed by atoms with Gasteiger partial charge in [-0.05, 0) is 41.8 Å². The minimum atomic E-state index is 0.457. The summed E-state index contributed by atoms with van der Waals surface area (Å²) >= 11 is 1.85. The second kappa shape index (κ2) is 6.46. The highest BCUT2D eigenvalue weighted by molar-refractivity contribution is 7.10. The fourth-order valence-electron chi connectivity index (χ4n) is 3.33. The second-order valence-corrected chi connectivity index (χ2v) is 6.85. The number of nitriles is 1. The first-order chi connectivity index (χ1) is 10.3. The van der Waals surface area contributed by atoms with Crippen LogP contribution in [0.1, 0.15) is 47.9 Å². The van der Waals surface area contributed by atoms with Crippen molar-refractivity contribution >= 4 is 11.3 Å². The van der Waals surface area contributed by atoms with E-state index in [1.54, 1.807) is 0 Å². The summed E-state index contributed by atoms with van der Waals surface area (Å²) in [6, 6.07) is 9.04. The van der Waals surface area contributed by atoms with E-state index >= 15 is 0 Å². The van der Waals surface area contributed by atoms with Gasteiger partial charge in [0.15, 0.2) is 0 Å². The molecule has 3 rings (SSSR count). The van der Waals surface area contributed by atoms with Crippen LogP contribution in [-0.4, -0.2) is 4.57 Å². The third kappa shape index (κ3) is 3.20. The number of hydrogen-bond donors (Lipinski definition) is 1. The molecule has 0 aliphatic heterocycles. The number of nitrogens with zero attached hydrogens (tertiary/aromatic N) is 2. The van der Waals surface area contributed by atoms with Crippen LogP contribution in [0.4, 0.5) is 0 Å². The summed E-state index contributed by atoms with van der Waals surface area (Å²) in [5.74, 6) is 0.753. The molecule has 0 radical (unpaired) electrons. The Labute approximate surface area is 130 Å². The Bertz CT molecular complexity index is 615. The van der Waals surface area contributed by atoms with Crippen molar-refractivity contribution in [3.63, 3.8) is 0 Å². The molecule has 1 aliphatic carbocycles. The molecular weight excluding hydrogens is 278 g/mol. The molecule has 2 heterocycles. The Morgan fingerprint density at radius 3 is 2.90 bits per heavy atom. The molecule has 110 valence electrons. The molecule has 1 aliphatic rings. The van der Waals surface area contributed by atoms with E-state index in [1.165, 1.54) is 36.1 Å².